The van der Waals surface area contributed by atoms with Gasteiger partial charge in [0.1, 0.15) is 11.5 Å². The minimum absolute atomic E-state index is 0.219. The van der Waals surface area contributed by atoms with Crippen molar-refractivity contribution in [2.75, 3.05) is 13.7 Å². The predicted molar refractivity (Wildman–Crippen MR) is 79.7 cm³/mol. The first-order valence-corrected chi connectivity index (χ1v) is 8.10. The van der Waals surface area contributed by atoms with E-state index in [0.717, 1.165) is 5.56 Å². The lowest BCUT2D eigenvalue weighted by Crippen LogP contribution is -2.30. The summed E-state index contributed by atoms with van der Waals surface area (Å²) in [6, 6.07) is 8.36. The third-order valence-corrected chi connectivity index (χ3v) is 5.19. The zero-order valence-electron chi connectivity index (χ0n) is 12.4. The highest BCUT2D eigenvalue weighted by molar-refractivity contribution is 7.89. The van der Waals surface area contributed by atoms with E-state index in [1.807, 2.05) is 6.92 Å². The average Bonchev–Trinajstić information content (AvgIpc) is 2.97. The highest BCUT2D eigenvalue weighted by atomic mass is 32.2. The third-order valence-electron chi connectivity index (χ3n) is 3.27. The number of rotatable bonds is 6. The Bertz CT molecular complexity index is 692. The number of aryl methyl sites for hydroxylation is 1. The normalized spacial score (nSPS) is 11.8. The number of hydrogen-bond acceptors (Lipinski definition) is 4. The molecular formula is C15H19NO4S. The Balaban J connectivity index is 2.32. The number of hydrogen-bond donors (Lipinski definition) is 0. The van der Waals surface area contributed by atoms with Crippen molar-refractivity contribution in [1.82, 2.24) is 4.31 Å². The summed E-state index contributed by atoms with van der Waals surface area (Å²) in [5, 5.41) is 0. The Kier molecular flexibility index (Phi) is 4.69. The van der Waals surface area contributed by atoms with Gasteiger partial charge in [-0.2, -0.15) is 4.31 Å². The first-order valence-electron chi connectivity index (χ1n) is 6.66. The van der Waals surface area contributed by atoms with Crippen LogP contribution >= 0.6 is 0 Å². The molecule has 0 saturated heterocycles. The van der Waals surface area contributed by atoms with Gasteiger partial charge in [0.05, 0.1) is 24.8 Å². The number of ether oxygens (including phenoxy) is 1. The molecule has 0 aliphatic rings. The molecule has 5 nitrogen and oxygen atoms in total. The Hall–Kier alpha value is -1.79. The van der Waals surface area contributed by atoms with E-state index in [1.165, 1.54) is 10.6 Å². The molecule has 114 valence electrons. The molecule has 0 radical (unpaired) electrons. The van der Waals surface area contributed by atoms with Crippen LogP contribution in [0, 0.1) is 6.92 Å². The molecule has 0 unspecified atom stereocenters. The van der Waals surface area contributed by atoms with Crippen LogP contribution in [0.2, 0.25) is 0 Å². The SMILES string of the molecule is CCN(Cc1ccco1)S(=O)(=O)c1ccc(OC)c(C)c1. The van der Waals surface area contributed by atoms with Gasteiger partial charge in [-0.25, -0.2) is 8.42 Å². The monoisotopic (exact) mass is 309 g/mol. The van der Waals surface area contributed by atoms with Crippen molar-refractivity contribution < 1.29 is 17.6 Å². The van der Waals surface area contributed by atoms with Crippen molar-refractivity contribution in [3.8, 4) is 5.75 Å². The molecule has 0 fully saturated rings. The van der Waals surface area contributed by atoms with E-state index in [9.17, 15) is 8.42 Å². The summed E-state index contributed by atoms with van der Waals surface area (Å²) >= 11 is 0. The minimum Gasteiger partial charge on any atom is -0.496 e. The molecule has 0 atom stereocenters. The maximum atomic E-state index is 12.7. The van der Waals surface area contributed by atoms with Crippen molar-refractivity contribution in [3.63, 3.8) is 0 Å². The lowest BCUT2D eigenvalue weighted by molar-refractivity contribution is 0.375. The first-order chi connectivity index (χ1) is 9.98. The largest absolute Gasteiger partial charge is 0.496 e. The number of methoxy groups -OCH3 is 1. The molecule has 6 heteroatoms. The zero-order chi connectivity index (χ0) is 15.5. The maximum absolute atomic E-state index is 12.7. The van der Waals surface area contributed by atoms with Crippen LogP contribution in [0.3, 0.4) is 0 Å². The van der Waals surface area contributed by atoms with Crippen LogP contribution < -0.4 is 4.74 Å². The molecule has 1 heterocycles. The van der Waals surface area contributed by atoms with Crippen molar-refractivity contribution in [2.24, 2.45) is 0 Å². The van der Waals surface area contributed by atoms with Crippen molar-refractivity contribution >= 4 is 10.0 Å². The molecule has 0 saturated carbocycles. The summed E-state index contributed by atoms with van der Waals surface area (Å²) in [4.78, 5) is 0.259. The van der Waals surface area contributed by atoms with Crippen LogP contribution in [0.15, 0.2) is 45.9 Å². The first kappa shape index (κ1) is 15.6. The fourth-order valence-corrected chi connectivity index (χ4v) is 3.60. The molecule has 0 bridgehead atoms. The summed E-state index contributed by atoms with van der Waals surface area (Å²) in [6.45, 7) is 4.21. The van der Waals surface area contributed by atoms with Crippen LogP contribution in [-0.2, 0) is 16.6 Å². The predicted octanol–water partition coefficient (Wildman–Crippen LogP) is 2.81. The van der Waals surface area contributed by atoms with Crippen LogP contribution in [0.1, 0.15) is 18.2 Å². The highest BCUT2D eigenvalue weighted by Crippen LogP contribution is 2.24. The molecule has 0 amide bonds. The molecule has 0 aliphatic carbocycles. The van der Waals surface area contributed by atoms with E-state index in [-0.39, 0.29) is 11.4 Å². The summed E-state index contributed by atoms with van der Waals surface area (Å²) < 4.78 is 37.1. The molecule has 0 N–H and O–H groups in total. The van der Waals surface area contributed by atoms with Crippen LogP contribution in [-0.4, -0.2) is 26.4 Å². The van der Waals surface area contributed by atoms with Gasteiger partial charge < -0.3 is 9.15 Å². The fraction of sp³-hybridized carbons (Fsp3) is 0.333. The third kappa shape index (κ3) is 3.28. The molecular weight excluding hydrogens is 290 g/mol. The Morgan fingerprint density at radius 3 is 2.57 bits per heavy atom. The second kappa shape index (κ2) is 6.32. The quantitative estimate of drug-likeness (QED) is 0.823. The van der Waals surface area contributed by atoms with Crippen molar-refractivity contribution in [1.29, 1.82) is 0 Å². The van der Waals surface area contributed by atoms with Gasteiger partial charge in [-0.1, -0.05) is 6.92 Å². The van der Waals surface area contributed by atoms with E-state index in [0.29, 0.717) is 18.1 Å². The van der Waals surface area contributed by atoms with E-state index >= 15 is 0 Å². The summed E-state index contributed by atoms with van der Waals surface area (Å²) in [7, 11) is -2.00. The van der Waals surface area contributed by atoms with E-state index in [4.69, 9.17) is 9.15 Å². The standard InChI is InChI=1S/C15H19NO4S/c1-4-16(11-13-6-5-9-20-13)21(17,18)14-7-8-15(19-3)12(2)10-14/h5-10H,4,11H2,1-3H3. The number of furan rings is 1. The molecule has 0 aliphatic heterocycles. The number of sulfonamides is 1. The van der Waals surface area contributed by atoms with Gasteiger partial charge in [0, 0.05) is 6.54 Å². The zero-order valence-corrected chi connectivity index (χ0v) is 13.2. The van der Waals surface area contributed by atoms with E-state index in [2.05, 4.69) is 0 Å². The van der Waals surface area contributed by atoms with Crippen molar-refractivity contribution in [2.45, 2.75) is 25.3 Å². The van der Waals surface area contributed by atoms with Gasteiger partial charge in [-0.05, 0) is 42.8 Å². The summed E-state index contributed by atoms with van der Waals surface area (Å²) in [5.74, 6) is 1.29. The van der Waals surface area contributed by atoms with E-state index < -0.39 is 10.0 Å². The molecule has 1 aromatic carbocycles. The Morgan fingerprint density at radius 2 is 2.05 bits per heavy atom. The van der Waals surface area contributed by atoms with Crippen LogP contribution in [0.25, 0.3) is 0 Å². The molecule has 21 heavy (non-hydrogen) atoms. The van der Waals surface area contributed by atoms with E-state index in [1.54, 1.807) is 44.4 Å². The highest BCUT2D eigenvalue weighted by Gasteiger charge is 2.24. The average molecular weight is 309 g/mol. The molecule has 1 aromatic heterocycles. The summed E-state index contributed by atoms with van der Waals surface area (Å²) in [5.41, 5.74) is 0.785. The lowest BCUT2D eigenvalue weighted by Gasteiger charge is -2.20. The number of nitrogens with zero attached hydrogens (tertiary/aromatic N) is 1. The topological polar surface area (TPSA) is 59.8 Å². The second-order valence-corrected chi connectivity index (χ2v) is 6.58. The van der Waals surface area contributed by atoms with Gasteiger partial charge >= 0.3 is 0 Å². The Labute approximate surface area is 125 Å². The van der Waals surface area contributed by atoms with Gasteiger partial charge in [0.2, 0.25) is 10.0 Å². The number of benzene rings is 1. The molecule has 2 rings (SSSR count). The van der Waals surface area contributed by atoms with Gasteiger partial charge in [-0.3, -0.25) is 0 Å². The minimum atomic E-state index is -3.56. The maximum Gasteiger partial charge on any atom is 0.243 e. The second-order valence-electron chi connectivity index (χ2n) is 4.64. The fourth-order valence-electron chi connectivity index (χ4n) is 2.10. The van der Waals surface area contributed by atoms with Crippen LogP contribution in [0.5, 0.6) is 5.75 Å². The van der Waals surface area contributed by atoms with Gasteiger partial charge in [0.15, 0.2) is 0 Å². The molecule has 0 spiro atoms. The van der Waals surface area contributed by atoms with Crippen molar-refractivity contribution in [3.05, 3.63) is 47.9 Å². The van der Waals surface area contributed by atoms with Gasteiger partial charge in [-0.15, -0.1) is 0 Å². The molecule has 2 aromatic rings. The van der Waals surface area contributed by atoms with Gasteiger partial charge in [0.25, 0.3) is 0 Å². The van der Waals surface area contributed by atoms with Crippen LogP contribution in [0.4, 0.5) is 0 Å². The summed E-state index contributed by atoms with van der Waals surface area (Å²) in [6.07, 6.45) is 1.54. The Morgan fingerprint density at radius 1 is 1.29 bits per heavy atom. The lowest BCUT2D eigenvalue weighted by atomic mass is 10.2. The smallest absolute Gasteiger partial charge is 0.243 e.